The number of aromatic nitrogens is 6. The van der Waals surface area contributed by atoms with Crippen LogP contribution in [0.2, 0.25) is 0 Å². The topological polar surface area (TPSA) is 113 Å². The van der Waals surface area contributed by atoms with Gasteiger partial charge in [-0.05, 0) is 6.92 Å². The minimum absolute atomic E-state index is 0.187. The van der Waals surface area contributed by atoms with Gasteiger partial charge in [0.15, 0.2) is 5.69 Å². The fraction of sp³-hybridized carbons (Fsp3) is 0.400. The van der Waals surface area contributed by atoms with Gasteiger partial charge in [0.1, 0.15) is 11.5 Å². The summed E-state index contributed by atoms with van der Waals surface area (Å²) in [7, 11) is 1.85. The Hall–Kier alpha value is -3.01. The average molecular weight is 343 g/mol. The highest BCUT2D eigenvalue weighted by Crippen LogP contribution is 2.24. The normalized spacial score (nSPS) is 16.6. The second-order valence-electron chi connectivity index (χ2n) is 5.94. The van der Waals surface area contributed by atoms with E-state index in [9.17, 15) is 4.79 Å². The first-order chi connectivity index (χ1) is 12.1. The number of carbonyl (C=O) groups excluding carboxylic acids is 1. The third-order valence-corrected chi connectivity index (χ3v) is 4.00. The molecule has 1 aliphatic rings. The van der Waals surface area contributed by atoms with E-state index >= 15 is 0 Å². The van der Waals surface area contributed by atoms with Gasteiger partial charge >= 0.3 is 0 Å². The molecule has 3 aromatic heterocycles. The third kappa shape index (κ3) is 3.03. The van der Waals surface area contributed by atoms with Gasteiger partial charge in [-0.1, -0.05) is 10.4 Å². The predicted molar refractivity (Wildman–Crippen MR) is 84.4 cm³/mol. The van der Waals surface area contributed by atoms with E-state index in [1.807, 2.05) is 17.9 Å². The molecular weight excluding hydrogens is 326 g/mol. The molecule has 130 valence electrons. The van der Waals surface area contributed by atoms with Crippen LogP contribution in [0.15, 0.2) is 23.0 Å². The van der Waals surface area contributed by atoms with Gasteiger partial charge < -0.3 is 14.6 Å². The summed E-state index contributed by atoms with van der Waals surface area (Å²) >= 11 is 0. The first-order valence-electron chi connectivity index (χ1n) is 7.84. The summed E-state index contributed by atoms with van der Waals surface area (Å²) in [6, 6.07) is 1.59. The van der Waals surface area contributed by atoms with Crippen LogP contribution in [0.25, 0.3) is 11.3 Å². The largest absolute Gasteiger partial charge is 0.368 e. The first-order valence-corrected chi connectivity index (χ1v) is 7.84. The summed E-state index contributed by atoms with van der Waals surface area (Å²) in [5, 5.41) is 19.1. The van der Waals surface area contributed by atoms with E-state index in [1.165, 1.54) is 0 Å². The molecule has 1 N–H and O–H groups in total. The fourth-order valence-electron chi connectivity index (χ4n) is 2.73. The van der Waals surface area contributed by atoms with Crippen molar-refractivity contribution in [2.75, 3.05) is 6.54 Å². The summed E-state index contributed by atoms with van der Waals surface area (Å²) in [4.78, 5) is 12.0. The molecule has 1 amide bonds. The molecule has 3 aromatic rings. The summed E-state index contributed by atoms with van der Waals surface area (Å²) in [5.74, 6) is 0.301. The van der Waals surface area contributed by atoms with Crippen LogP contribution in [0.3, 0.4) is 0 Å². The molecule has 0 fully saturated rings. The molecule has 0 radical (unpaired) electrons. The van der Waals surface area contributed by atoms with Crippen molar-refractivity contribution < 1.29 is 14.1 Å². The number of ether oxygens (including phenoxy) is 1. The predicted octanol–water partition coefficient (Wildman–Crippen LogP) is 0.304. The maximum absolute atomic E-state index is 12.0. The van der Waals surface area contributed by atoms with Gasteiger partial charge in [-0.2, -0.15) is 5.10 Å². The Morgan fingerprint density at radius 2 is 2.36 bits per heavy atom. The van der Waals surface area contributed by atoms with Crippen molar-refractivity contribution in [3.63, 3.8) is 0 Å². The molecule has 0 saturated heterocycles. The van der Waals surface area contributed by atoms with Crippen LogP contribution < -0.4 is 5.32 Å². The first kappa shape index (κ1) is 15.5. The lowest BCUT2D eigenvalue weighted by Gasteiger charge is -2.24. The number of fused-ring (bicyclic) bond motifs is 1. The molecule has 10 heteroatoms. The third-order valence-electron chi connectivity index (χ3n) is 4.00. The van der Waals surface area contributed by atoms with Crippen molar-refractivity contribution in [3.05, 3.63) is 35.6 Å². The van der Waals surface area contributed by atoms with E-state index in [1.54, 1.807) is 23.9 Å². The summed E-state index contributed by atoms with van der Waals surface area (Å²) in [5.41, 5.74) is 2.84. The monoisotopic (exact) mass is 343 g/mol. The van der Waals surface area contributed by atoms with Gasteiger partial charge in [0.25, 0.3) is 5.91 Å². The van der Waals surface area contributed by atoms with Crippen molar-refractivity contribution in [2.45, 2.75) is 26.2 Å². The van der Waals surface area contributed by atoms with Gasteiger partial charge in [-0.15, -0.1) is 5.10 Å². The number of amides is 1. The lowest BCUT2D eigenvalue weighted by Crippen LogP contribution is -2.39. The molecule has 4 heterocycles. The van der Waals surface area contributed by atoms with E-state index in [-0.39, 0.29) is 17.7 Å². The Morgan fingerprint density at radius 1 is 1.48 bits per heavy atom. The summed E-state index contributed by atoms with van der Waals surface area (Å²) in [6.07, 6.45) is 3.45. The van der Waals surface area contributed by atoms with Crippen LogP contribution in [0.1, 0.15) is 21.9 Å². The van der Waals surface area contributed by atoms with E-state index in [0.717, 1.165) is 17.0 Å². The molecule has 10 nitrogen and oxygen atoms in total. The molecule has 0 spiro atoms. The molecule has 25 heavy (non-hydrogen) atoms. The maximum Gasteiger partial charge on any atom is 0.273 e. The van der Waals surface area contributed by atoms with Crippen LogP contribution in [-0.2, 0) is 24.9 Å². The molecule has 1 atom stereocenters. The standard InChI is InChI=1S/C15H17N7O3/c1-9-3-12(19-25-9)15(23)16-5-11-7-22-13(8-24-11)14(18-20-22)10-4-17-21(2)6-10/h3-4,6,11H,5,7-8H2,1-2H3,(H,16,23). The number of nitrogens with one attached hydrogen (secondary N) is 1. The zero-order valence-electron chi connectivity index (χ0n) is 13.8. The molecule has 0 saturated carbocycles. The Morgan fingerprint density at radius 3 is 3.08 bits per heavy atom. The second-order valence-corrected chi connectivity index (χ2v) is 5.94. The Bertz CT molecular complexity index is 910. The second kappa shape index (κ2) is 6.13. The zero-order valence-corrected chi connectivity index (χ0v) is 13.8. The van der Waals surface area contributed by atoms with E-state index in [2.05, 4.69) is 25.9 Å². The van der Waals surface area contributed by atoms with Crippen LogP contribution in [0, 0.1) is 6.92 Å². The van der Waals surface area contributed by atoms with E-state index < -0.39 is 0 Å². The molecular formula is C15H17N7O3. The van der Waals surface area contributed by atoms with Crippen molar-refractivity contribution in [1.29, 1.82) is 0 Å². The van der Waals surface area contributed by atoms with Gasteiger partial charge in [0, 0.05) is 31.4 Å². The number of hydrogen-bond donors (Lipinski definition) is 1. The molecule has 1 unspecified atom stereocenters. The molecule has 0 aliphatic carbocycles. The average Bonchev–Trinajstić information content (AvgIpc) is 3.31. The minimum atomic E-state index is -0.291. The van der Waals surface area contributed by atoms with Crippen LogP contribution in [0.5, 0.6) is 0 Å². The van der Waals surface area contributed by atoms with Gasteiger partial charge in [-0.25, -0.2) is 4.68 Å². The highest BCUT2D eigenvalue weighted by Gasteiger charge is 2.25. The Kier molecular flexibility index (Phi) is 3.80. The van der Waals surface area contributed by atoms with Gasteiger partial charge in [0.2, 0.25) is 0 Å². The van der Waals surface area contributed by atoms with Crippen LogP contribution in [0.4, 0.5) is 0 Å². The highest BCUT2D eigenvalue weighted by atomic mass is 16.5. The number of aryl methyl sites for hydroxylation is 2. The SMILES string of the molecule is Cc1cc(C(=O)NCC2Cn3nnc(-c4cnn(C)c4)c3CO2)no1. The lowest BCUT2D eigenvalue weighted by molar-refractivity contribution is 0.00172. The van der Waals surface area contributed by atoms with Crippen molar-refractivity contribution in [1.82, 2.24) is 35.2 Å². The zero-order chi connectivity index (χ0) is 17.4. The lowest BCUT2D eigenvalue weighted by atomic mass is 10.2. The summed E-state index contributed by atoms with van der Waals surface area (Å²) in [6.45, 7) is 2.98. The Labute approximate surface area is 142 Å². The van der Waals surface area contributed by atoms with E-state index in [4.69, 9.17) is 9.26 Å². The van der Waals surface area contributed by atoms with Crippen molar-refractivity contribution in [2.24, 2.45) is 7.05 Å². The molecule has 0 aromatic carbocycles. The number of hydrogen-bond acceptors (Lipinski definition) is 7. The minimum Gasteiger partial charge on any atom is -0.368 e. The molecule has 1 aliphatic heterocycles. The number of rotatable bonds is 4. The van der Waals surface area contributed by atoms with Gasteiger partial charge in [0.05, 0.1) is 31.1 Å². The maximum atomic E-state index is 12.0. The van der Waals surface area contributed by atoms with Crippen molar-refractivity contribution in [3.8, 4) is 11.3 Å². The van der Waals surface area contributed by atoms with Gasteiger partial charge in [-0.3, -0.25) is 9.48 Å². The number of nitrogens with zero attached hydrogens (tertiary/aromatic N) is 6. The molecule has 4 rings (SSSR count). The molecule has 0 bridgehead atoms. The van der Waals surface area contributed by atoms with E-state index in [0.29, 0.717) is 25.5 Å². The summed E-state index contributed by atoms with van der Waals surface area (Å²) < 4.78 is 14.3. The highest BCUT2D eigenvalue weighted by molar-refractivity contribution is 5.92. The fourth-order valence-corrected chi connectivity index (χ4v) is 2.73. The van der Waals surface area contributed by atoms with Crippen LogP contribution in [-0.4, -0.2) is 48.5 Å². The van der Waals surface area contributed by atoms with Crippen LogP contribution >= 0.6 is 0 Å². The van der Waals surface area contributed by atoms with Crippen molar-refractivity contribution >= 4 is 5.91 Å². The smallest absolute Gasteiger partial charge is 0.273 e. The Balaban J connectivity index is 1.40. The quantitative estimate of drug-likeness (QED) is 0.725. The number of carbonyl (C=O) groups is 1.